The summed E-state index contributed by atoms with van der Waals surface area (Å²) in [6.45, 7) is 1.89. The minimum absolute atomic E-state index is 0.0673. The van der Waals surface area contributed by atoms with Crippen LogP contribution in [-0.4, -0.2) is 32.7 Å². The van der Waals surface area contributed by atoms with Gasteiger partial charge < -0.3 is 4.90 Å². The fourth-order valence-electron chi connectivity index (χ4n) is 3.42. The number of para-hydroxylation sites is 1. The van der Waals surface area contributed by atoms with Gasteiger partial charge in [0.25, 0.3) is 10.0 Å². The van der Waals surface area contributed by atoms with Gasteiger partial charge in [0.2, 0.25) is 5.91 Å². The molecule has 0 saturated carbocycles. The Morgan fingerprint density at radius 1 is 1.20 bits per heavy atom. The molecule has 4 rings (SSSR count). The van der Waals surface area contributed by atoms with E-state index in [1.807, 2.05) is 31.2 Å². The third-order valence-electron chi connectivity index (χ3n) is 4.51. The van der Waals surface area contributed by atoms with Crippen molar-refractivity contribution in [2.75, 3.05) is 11.4 Å². The maximum absolute atomic E-state index is 12.7. The molecule has 0 fully saturated rings. The molecule has 2 heterocycles. The van der Waals surface area contributed by atoms with Crippen LogP contribution in [0.25, 0.3) is 0 Å². The third-order valence-corrected chi connectivity index (χ3v) is 5.91. The second kappa shape index (κ2) is 5.70. The monoisotopic (exact) mass is 355 g/mol. The molecule has 6 nitrogen and oxygen atoms in total. The molecule has 0 radical (unpaired) electrons. The molecule has 0 bridgehead atoms. The predicted octanol–water partition coefficient (Wildman–Crippen LogP) is 1.70. The first-order valence-electron chi connectivity index (χ1n) is 8.04. The molecule has 1 atom stereocenters. The van der Waals surface area contributed by atoms with Gasteiger partial charge in [-0.2, -0.15) is 0 Å². The van der Waals surface area contributed by atoms with Crippen molar-refractivity contribution in [1.29, 1.82) is 0 Å². The average Bonchev–Trinajstić information content (AvgIpc) is 3.06. The van der Waals surface area contributed by atoms with Crippen molar-refractivity contribution < 1.29 is 13.2 Å². The molecule has 7 heteroatoms. The third kappa shape index (κ3) is 2.60. The zero-order chi connectivity index (χ0) is 17.6. The van der Waals surface area contributed by atoms with Gasteiger partial charge >= 0.3 is 0 Å². The summed E-state index contributed by atoms with van der Waals surface area (Å²) in [6, 6.07) is 14.5. The minimum atomic E-state index is -3.59. The number of hydrogen-bond acceptors (Lipinski definition) is 4. The first-order valence-corrected chi connectivity index (χ1v) is 9.52. The summed E-state index contributed by atoms with van der Waals surface area (Å²) < 4.78 is 26.6. The number of carbonyl (C=O) groups is 1. The second-order valence-corrected chi connectivity index (χ2v) is 7.86. The molecule has 25 heavy (non-hydrogen) atoms. The van der Waals surface area contributed by atoms with E-state index in [0.717, 1.165) is 17.7 Å². The van der Waals surface area contributed by atoms with Gasteiger partial charge in [-0.1, -0.05) is 30.3 Å². The van der Waals surface area contributed by atoms with Crippen LogP contribution < -0.4 is 9.62 Å². The number of nitrogens with zero attached hydrogens (tertiary/aromatic N) is 2. The van der Waals surface area contributed by atoms with Crippen LogP contribution in [0.15, 0.2) is 58.4 Å². The number of rotatable bonds is 2. The standard InChI is InChI=1S/C18H17N3O3S/c1-12-10-13-6-2-4-8-15(13)21(12)17(22)11-19-18-14-7-3-5-9-16(14)25(23,24)20-18/h2-9,12H,10-11H2,1H3,(H,19,20)/t12-/m1/s1. The molecule has 0 saturated heterocycles. The molecular weight excluding hydrogens is 338 g/mol. The lowest BCUT2D eigenvalue weighted by Crippen LogP contribution is -2.37. The molecule has 0 spiro atoms. The second-order valence-electron chi connectivity index (χ2n) is 6.21. The van der Waals surface area contributed by atoms with Crippen LogP contribution in [0.5, 0.6) is 0 Å². The van der Waals surface area contributed by atoms with E-state index in [4.69, 9.17) is 0 Å². The largest absolute Gasteiger partial charge is 0.307 e. The van der Waals surface area contributed by atoms with Crippen LogP contribution >= 0.6 is 0 Å². The summed E-state index contributed by atoms with van der Waals surface area (Å²) in [6.07, 6.45) is 0.813. The van der Waals surface area contributed by atoms with Gasteiger partial charge in [0.05, 0.1) is 4.90 Å². The van der Waals surface area contributed by atoms with Crippen LogP contribution in [0.1, 0.15) is 18.1 Å². The molecule has 0 aliphatic carbocycles. The van der Waals surface area contributed by atoms with E-state index in [-0.39, 0.29) is 29.2 Å². The van der Waals surface area contributed by atoms with E-state index < -0.39 is 10.0 Å². The molecular formula is C18H17N3O3S. The average molecular weight is 355 g/mol. The van der Waals surface area contributed by atoms with Crippen molar-refractivity contribution in [3.63, 3.8) is 0 Å². The normalized spacial score (nSPS) is 21.7. The number of carbonyl (C=O) groups excluding carboxylic acids is 1. The van der Waals surface area contributed by atoms with E-state index in [9.17, 15) is 13.2 Å². The number of aliphatic imine (C=N–C) groups is 1. The number of nitrogens with one attached hydrogen (secondary N) is 1. The van der Waals surface area contributed by atoms with Gasteiger partial charge in [-0.15, -0.1) is 0 Å². The Labute approximate surface area is 146 Å². The first-order chi connectivity index (χ1) is 12.0. The molecule has 1 N–H and O–H groups in total. The molecule has 0 unspecified atom stereocenters. The number of amides is 1. The van der Waals surface area contributed by atoms with Crippen molar-refractivity contribution in [2.45, 2.75) is 24.3 Å². The Kier molecular flexibility index (Phi) is 3.61. The van der Waals surface area contributed by atoms with E-state index in [1.165, 1.54) is 6.07 Å². The molecule has 2 aliphatic rings. The Bertz CT molecular complexity index is 998. The van der Waals surface area contributed by atoms with Crippen molar-refractivity contribution in [3.8, 4) is 0 Å². The van der Waals surface area contributed by atoms with Gasteiger partial charge in [-0.05, 0) is 37.1 Å². The lowest BCUT2D eigenvalue weighted by Gasteiger charge is -2.21. The van der Waals surface area contributed by atoms with Gasteiger partial charge in [-0.3, -0.25) is 14.5 Å². The summed E-state index contributed by atoms with van der Waals surface area (Å²) in [4.78, 5) is 18.9. The van der Waals surface area contributed by atoms with Crippen LogP contribution in [-0.2, 0) is 21.2 Å². The number of sulfonamides is 1. The summed E-state index contributed by atoms with van der Waals surface area (Å²) in [5.41, 5.74) is 2.56. The highest BCUT2D eigenvalue weighted by molar-refractivity contribution is 7.90. The zero-order valence-electron chi connectivity index (χ0n) is 13.6. The maximum Gasteiger partial charge on any atom is 0.263 e. The van der Waals surface area contributed by atoms with Crippen LogP contribution in [0.2, 0.25) is 0 Å². The van der Waals surface area contributed by atoms with Crippen LogP contribution in [0.3, 0.4) is 0 Å². The van der Waals surface area contributed by atoms with Gasteiger partial charge in [0.1, 0.15) is 12.4 Å². The molecule has 0 aromatic heterocycles. The smallest absolute Gasteiger partial charge is 0.263 e. The molecule has 2 aliphatic heterocycles. The van der Waals surface area contributed by atoms with E-state index in [1.54, 1.807) is 23.1 Å². The van der Waals surface area contributed by atoms with E-state index in [2.05, 4.69) is 9.71 Å². The highest BCUT2D eigenvalue weighted by atomic mass is 32.2. The van der Waals surface area contributed by atoms with E-state index >= 15 is 0 Å². The number of anilines is 1. The van der Waals surface area contributed by atoms with Crippen LogP contribution in [0, 0.1) is 0 Å². The Hall–Kier alpha value is -2.67. The number of amidine groups is 1. The zero-order valence-corrected chi connectivity index (χ0v) is 14.5. The van der Waals surface area contributed by atoms with Crippen molar-refractivity contribution in [3.05, 3.63) is 59.7 Å². The summed E-state index contributed by atoms with van der Waals surface area (Å²) in [5, 5.41) is 0. The summed E-state index contributed by atoms with van der Waals surface area (Å²) in [5.74, 6) is 0.0811. The SMILES string of the molecule is C[C@@H]1Cc2ccccc2N1C(=O)CN=C1NS(=O)(=O)c2ccccc21. The predicted molar refractivity (Wildman–Crippen MR) is 95.3 cm³/mol. The number of hydrogen-bond donors (Lipinski definition) is 1. The lowest BCUT2D eigenvalue weighted by molar-refractivity contribution is -0.117. The maximum atomic E-state index is 12.7. The summed E-state index contributed by atoms with van der Waals surface area (Å²) in [7, 11) is -3.59. The van der Waals surface area contributed by atoms with E-state index in [0.29, 0.717) is 5.56 Å². The Morgan fingerprint density at radius 3 is 2.76 bits per heavy atom. The summed E-state index contributed by atoms with van der Waals surface area (Å²) >= 11 is 0. The van der Waals surface area contributed by atoms with Crippen molar-refractivity contribution in [2.24, 2.45) is 4.99 Å². The molecule has 2 aromatic carbocycles. The van der Waals surface area contributed by atoms with Crippen molar-refractivity contribution in [1.82, 2.24) is 4.72 Å². The highest BCUT2D eigenvalue weighted by Gasteiger charge is 2.32. The fraction of sp³-hybridized carbons (Fsp3) is 0.222. The van der Waals surface area contributed by atoms with Gasteiger partial charge in [0.15, 0.2) is 0 Å². The molecule has 128 valence electrons. The minimum Gasteiger partial charge on any atom is -0.307 e. The quantitative estimate of drug-likeness (QED) is 0.891. The van der Waals surface area contributed by atoms with Crippen LogP contribution in [0.4, 0.5) is 5.69 Å². The van der Waals surface area contributed by atoms with Gasteiger partial charge in [0, 0.05) is 17.3 Å². The number of fused-ring (bicyclic) bond motifs is 2. The molecule has 2 aromatic rings. The Morgan fingerprint density at radius 2 is 1.92 bits per heavy atom. The highest BCUT2D eigenvalue weighted by Crippen LogP contribution is 2.31. The lowest BCUT2D eigenvalue weighted by atomic mass is 10.1. The van der Waals surface area contributed by atoms with Crippen molar-refractivity contribution >= 4 is 27.5 Å². The van der Waals surface area contributed by atoms with Gasteiger partial charge in [-0.25, -0.2) is 8.42 Å². The topological polar surface area (TPSA) is 78.8 Å². The molecule has 1 amide bonds. The number of benzene rings is 2. The first kappa shape index (κ1) is 15.8. The fourth-order valence-corrected chi connectivity index (χ4v) is 4.67. The Balaban J connectivity index is 1.60.